The second-order valence-corrected chi connectivity index (χ2v) is 9.04. The number of sulfonamides is 1. The first-order valence-electron chi connectivity index (χ1n) is 9.13. The molecule has 0 aromatic heterocycles. The molecule has 0 aliphatic heterocycles. The van der Waals surface area contributed by atoms with Gasteiger partial charge in [-0.15, -0.1) is 0 Å². The smallest absolute Gasteiger partial charge is 0.269 e. The molecular weight excluding hydrogens is 441 g/mol. The Bertz CT molecular complexity index is 1210. The highest BCUT2D eigenvalue weighted by Crippen LogP contribution is 2.23. The first kappa shape index (κ1) is 22.5. The Morgan fingerprint density at radius 1 is 1.06 bits per heavy atom. The molecule has 6 nitrogen and oxygen atoms in total. The first-order valence-corrected chi connectivity index (χ1v) is 10.9. The Morgan fingerprint density at radius 2 is 1.71 bits per heavy atom. The molecule has 0 saturated carbocycles. The van der Waals surface area contributed by atoms with Gasteiger partial charge in [0.25, 0.3) is 15.9 Å². The second kappa shape index (κ2) is 9.28. The van der Waals surface area contributed by atoms with Crippen LogP contribution in [0.3, 0.4) is 0 Å². The molecule has 0 fully saturated rings. The zero-order valence-electron chi connectivity index (χ0n) is 16.7. The molecular formula is C22H19ClFN3O3S. The maximum atomic E-state index is 13.7. The van der Waals surface area contributed by atoms with Crippen LogP contribution < -0.4 is 9.73 Å². The number of halogens is 2. The van der Waals surface area contributed by atoms with Crippen LogP contribution in [0.4, 0.5) is 10.1 Å². The molecule has 9 heteroatoms. The van der Waals surface area contributed by atoms with Crippen LogP contribution in [0.25, 0.3) is 0 Å². The molecule has 0 aliphatic carbocycles. The van der Waals surface area contributed by atoms with Gasteiger partial charge in [0, 0.05) is 18.2 Å². The van der Waals surface area contributed by atoms with Crippen molar-refractivity contribution in [2.24, 2.45) is 5.10 Å². The van der Waals surface area contributed by atoms with Crippen molar-refractivity contribution in [1.29, 1.82) is 0 Å². The number of anilines is 1. The fourth-order valence-electron chi connectivity index (χ4n) is 2.68. The number of nitrogens with one attached hydrogen (secondary N) is 1. The number of hydrogen-bond acceptors (Lipinski definition) is 4. The topological polar surface area (TPSA) is 78.8 Å². The SMILES string of the molecule is Cc1ccc(S(=O)(=O)N(C)c2ccc(C(=O)N/N=C\c3c(F)cccc3Cl)cc2)cc1. The van der Waals surface area contributed by atoms with Crippen LogP contribution in [-0.4, -0.2) is 27.6 Å². The largest absolute Gasteiger partial charge is 0.271 e. The quantitative estimate of drug-likeness (QED) is 0.439. The Labute approximate surface area is 185 Å². The highest BCUT2D eigenvalue weighted by Gasteiger charge is 2.21. The van der Waals surface area contributed by atoms with Crippen molar-refractivity contribution in [3.63, 3.8) is 0 Å². The van der Waals surface area contributed by atoms with Crippen LogP contribution in [0.2, 0.25) is 5.02 Å². The fraction of sp³-hybridized carbons (Fsp3) is 0.0909. The van der Waals surface area contributed by atoms with Crippen LogP contribution in [0.1, 0.15) is 21.5 Å². The summed E-state index contributed by atoms with van der Waals surface area (Å²) in [5.74, 6) is -1.10. The van der Waals surface area contributed by atoms with Crippen molar-refractivity contribution in [3.8, 4) is 0 Å². The van der Waals surface area contributed by atoms with E-state index in [0.29, 0.717) is 5.69 Å². The van der Waals surface area contributed by atoms with Gasteiger partial charge < -0.3 is 0 Å². The standard InChI is InChI=1S/C22H19ClFN3O3S/c1-15-6-12-18(13-7-15)31(29,30)27(2)17-10-8-16(9-11-17)22(28)26-25-14-19-20(23)4-3-5-21(19)24/h3-14H,1-2H3,(H,26,28)/b25-14-. The molecule has 3 rings (SSSR count). The summed E-state index contributed by atoms with van der Waals surface area (Å²) in [6.45, 7) is 1.87. The molecule has 0 spiro atoms. The number of hydrazone groups is 1. The summed E-state index contributed by atoms with van der Waals surface area (Å²) >= 11 is 5.90. The summed E-state index contributed by atoms with van der Waals surface area (Å²) in [5.41, 5.74) is 3.94. The average Bonchev–Trinajstić information content (AvgIpc) is 2.75. The molecule has 1 amide bonds. The van der Waals surface area contributed by atoms with Crippen molar-refractivity contribution in [3.05, 3.63) is 94.3 Å². The van der Waals surface area contributed by atoms with E-state index in [9.17, 15) is 17.6 Å². The molecule has 0 saturated heterocycles. The van der Waals surface area contributed by atoms with Crippen LogP contribution in [0.5, 0.6) is 0 Å². The monoisotopic (exact) mass is 459 g/mol. The number of rotatable bonds is 6. The van der Waals surface area contributed by atoms with E-state index in [4.69, 9.17) is 11.6 Å². The Balaban J connectivity index is 1.71. The van der Waals surface area contributed by atoms with E-state index in [1.165, 1.54) is 49.5 Å². The summed E-state index contributed by atoms with van der Waals surface area (Å²) in [4.78, 5) is 12.4. The summed E-state index contributed by atoms with van der Waals surface area (Å²) in [6.07, 6.45) is 1.12. The lowest BCUT2D eigenvalue weighted by molar-refractivity contribution is 0.0955. The lowest BCUT2D eigenvalue weighted by Crippen LogP contribution is -2.26. The van der Waals surface area contributed by atoms with Crippen molar-refractivity contribution in [1.82, 2.24) is 5.43 Å². The zero-order chi connectivity index (χ0) is 22.6. The van der Waals surface area contributed by atoms with Crippen LogP contribution in [0, 0.1) is 12.7 Å². The van der Waals surface area contributed by atoms with E-state index in [2.05, 4.69) is 10.5 Å². The van der Waals surface area contributed by atoms with E-state index in [0.717, 1.165) is 16.1 Å². The van der Waals surface area contributed by atoms with Crippen LogP contribution in [0.15, 0.2) is 76.7 Å². The van der Waals surface area contributed by atoms with Gasteiger partial charge in [0.15, 0.2) is 0 Å². The van der Waals surface area contributed by atoms with Gasteiger partial charge in [0.2, 0.25) is 0 Å². The third-order valence-electron chi connectivity index (χ3n) is 4.53. The van der Waals surface area contributed by atoms with Gasteiger partial charge in [-0.25, -0.2) is 18.2 Å². The van der Waals surface area contributed by atoms with Gasteiger partial charge in [-0.2, -0.15) is 5.10 Å². The number of carbonyl (C=O) groups is 1. The minimum Gasteiger partial charge on any atom is -0.269 e. The van der Waals surface area contributed by atoms with Crippen LogP contribution in [-0.2, 0) is 10.0 Å². The molecule has 0 bridgehead atoms. The van der Waals surface area contributed by atoms with Gasteiger partial charge in [0.05, 0.1) is 21.8 Å². The van der Waals surface area contributed by atoms with Crippen molar-refractivity contribution in [2.75, 3.05) is 11.4 Å². The first-order chi connectivity index (χ1) is 14.7. The van der Waals surface area contributed by atoms with E-state index >= 15 is 0 Å². The Kier molecular flexibility index (Phi) is 6.72. The van der Waals surface area contributed by atoms with E-state index in [-0.39, 0.29) is 21.0 Å². The maximum Gasteiger partial charge on any atom is 0.271 e. The number of nitrogens with zero attached hydrogens (tertiary/aromatic N) is 2. The highest BCUT2D eigenvalue weighted by molar-refractivity contribution is 7.92. The molecule has 3 aromatic carbocycles. The molecule has 0 aliphatic rings. The number of hydrogen-bond donors (Lipinski definition) is 1. The average molecular weight is 460 g/mol. The lowest BCUT2D eigenvalue weighted by atomic mass is 10.2. The van der Waals surface area contributed by atoms with Gasteiger partial charge in [-0.05, 0) is 55.5 Å². The van der Waals surface area contributed by atoms with E-state index in [1.807, 2.05) is 6.92 Å². The third kappa shape index (κ3) is 5.10. The van der Waals surface area contributed by atoms with E-state index in [1.54, 1.807) is 24.3 Å². The Morgan fingerprint density at radius 3 is 2.32 bits per heavy atom. The van der Waals surface area contributed by atoms with E-state index < -0.39 is 21.7 Å². The normalized spacial score (nSPS) is 11.5. The highest BCUT2D eigenvalue weighted by atomic mass is 35.5. The summed E-state index contributed by atoms with van der Waals surface area (Å²) < 4.78 is 40.4. The van der Waals surface area contributed by atoms with Gasteiger partial charge in [-0.1, -0.05) is 35.4 Å². The zero-order valence-corrected chi connectivity index (χ0v) is 18.3. The number of amides is 1. The third-order valence-corrected chi connectivity index (χ3v) is 6.66. The molecule has 0 heterocycles. The number of benzene rings is 3. The summed E-state index contributed by atoms with van der Waals surface area (Å²) in [5, 5.41) is 3.89. The van der Waals surface area contributed by atoms with Crippen molar-refractivity contribution < 1.29 is 17.6 Å². The molecule has 0 radical (unpaired) electrons. The van der Waals surface area contributed by atoms with Gasteiger partial charge in [0.1, 0.15) is 5.82 Å². The Hall–Kier alpha value is -3.23. The molecule has 0 unspecified atom stereocenters. The fourth-order valence-corrected chi connectivity index (χ4v) is 4.09. The molecule has 31 heavy (non-hydrogen) atoms. The maximum absolute atomic E-state index is 13.7. The van der Waals surface area contributed by atoms with Crippen molar-refractivity contribution in [2.45, 2.75) is 11.8 Å². The number of aryl methyl sites for hydroxylation is 1. The van der Waals surface area contributed by atoms with Crippen LogP contribution >= 0.6 is 11.6 Å². The predicted octanol–water partition coefficient (Wildman–Crippen LogP) is 4.38. The minimum absolute atomic E-state index is 0.0581. The molecule has 160 valence electrons. The van der Waals surface area contributed by atoms with Gasteiger partial charge >= 0.3 is 0 Å². The predicted molar refractivity (Wildman–Crippen MR) is 120 cm³/mol. The molecule has 3 aromatic rings. The summed E-state index contributed by atoms with van der Waals surface area (Å²) in [6, 6.07) is 16.7. The second-order valence-electron chi connectivity index (χ2n) is 6.67. The van der Waals surface area contributed by atoms with Crippen molar-refractivity contribution >= 4 is 39.4 Å². The number of carbonyl (C=O) groups excluding carboxylic acids is 1. The lowest BCUT2D eigenvalue weighted by Gasteiger charge is -2.19. The molecule has 0 atom stereocenters. The minimum atomic E-state index is -3.73. The van der Waals surface area contributed by atoms with Gasteiger partial charge in [-0.3, -0.25) is 9.10 Å². The summed E-state index contributed by atoms with van der Waals surface area (Å²) in [7, 11) is -2.30. The molecule has 1 N–H and O–H groups in total.